The lowest BCUT2D eigenvalue weighted by molar-refractivity contribution is -0.00507. The number of rotatable bonds is 5. The summed E-state index contributed by atoms with van der Waals surface area (Å²) in [5, 5.41) is 2.94. The summed E-state index contributed by atoms with van der Waals surface area (Å²) in [6.07, 6.45) is 5.63. The van der Waals surface area contributed by atoms with Crippen molar-refractivity contribution in [3.05, 3.63) is 66.1 Å². The highest BCUT2D eigenvalue weighted by molar-refractivity contribution is 7.89. The standard InChI is InChI=1S/C19H19FN6O3S/c1-13-9-14(20)3-4-17(13)30(27,28)26-7-8-29-16(12-26)15-10-21-11-18(24-15)25-19-22-5-2-6-23-19/h2-6,9-11,16H,7-8,12H2,1H3,(H,22,23,24,25). The van der Waals surface area contributed by atoms with E-state index >= 15 is 0 Å². The highest BCUT2D eigenvalue weighted by atomic mass is 32.2. The fraction of sp³-hybridized carbons (Fsp3) is 0.263. The Bertz CT molecular complexity index is 1150. The van der Waals surface area contributed by atoms with E-state index in [1.807, 2.05) is 0 Å². The van der Waals surface area contributed by atoms with Crippen LogP contribution >= 0.6 is 0 Å². The summed E-state index contributed by atoms with van der Waals surface area (Å²) in [4.78, 5) is 16.8. The van der Waals surface area contributed by atoms with E-state index in [0.29, 0.717) is 23.0 Å². The number of sulfonamides is 1. The average molecular weight is 430 g/mol. The Morgan fingerprint density at radius 3 is 2.80 bits per heavy atom. The van der Waals surface area contributed by atoms with Gasteiger partial charge in [-0.1, -0.05) is 0 Å². The molecule has 2 aromatic heterocycles. The Morgan fingerprint density at radius 1 is 1.23 bits per heavy atom. The molecule has 1 unspecified atom stereocenters. The fourth-order valence-corrected chi connectivity index (χ4v) is 4.77. The average Bonchev–Trinajstić information content (AvgIpc) is 2.74. The van der Waals surface area contributed by atoms with Crippen LogP contribution in [0.15, 0.2) is 53.9 Å². The smallest absolute Gasteiger partial charge is 0.243 e. The van der Waals surface area contributed by atoms with Gasteiger partial charge in [0, 0.05) is 25.5 Å². The van der Waals surface area contributed by atoms with E-state index in [1.54, 1.807) is 25.4 Å². The normalized spacial score (nSPS) is 17.6. The molecule has 1 N–H and O–H groups in total. The van der Waals surface area contributed by atoms with E-state index in [1.165, 1.54) is 28.8 Å². The number of nitrogens with one attached hydrogen (secondary N) is 1. The topological polar surface area (TPSA) is 110 Å². The molecular formula is C19H19FN6O3S. The predicted octanol–water partition coefficient (Wildman–Crippen LogP) is 2.22. The van der Waals surface area contributed by atoms with Crippen molar-refractivity contribution < 1.29 is 17.5 Å². The Balaban J connectivity index is 1.55. The van der Waals surface area contributed by atoms with Crippen LogP contribution in [-0.2, 0) is 14.8 Å². The molecule has 3 heterocycles. The minimum atomic E-state index is -3.81. The summed E-state index contributed by atoms with van der Waals surface area (Å²) in [6, 6.07) is 5.33. The van der Waals surface area contributed by atoms with E-state index in [2.05, 4.69) is 25.3 Å². The summed E-state index contributed by atoms with van der Waals surface area (Å²) in [7, 11) is -3.81. The third kappa shape index (κ3) is 4.27. The summed E-state index contributed by atoms with van der Waals surface area (Å²) in [5.41, 5.74) is 0.832. The molecule has 0 amide bonds. The molecule has 30 heavy (non-hydrogen) atoms. The lowest BCUT2D eigenvalue weighted by atomic mass is 10.2. The minimum absolute atomic E-state index is 0.0686. The monoisotopic (exact) mass is 430 g/mol. The number of aryl methyl sites for hydroxylation is 1. The second kappa shape index (κ2) is 8.38. The Labute approximate surface area is 173 Å². The quantitative estimate of drug-likeness (QED) is 0.656. The molecule has 0 bridgehead atoms. The van der Waals surface area contributed by atoms with Crippen LogP contribution in [0.1, 0.15) is 17.4 Å². The largest absolute Gasteiger partial charge is 0.369 e. The van der Waals surface area contributed by atoms with Gasteiger partial charge in [0.2, 0.25) is 16.0 Å². The zero-order valence-electron chi connectivity index (χ0n) is 16.1. The number of hydrogen-bond acceptors (Lipinski definition) is 8. The maximum absolute atomic E-state index is 13.4. The molecule has 9 nitrogen and oxygen atoms in total. The number of ether oxygens (including phenoxy) is 1. The van der Waals surface area contributed by atoms with Crippen molar-refractivity contribution in [3.63, 3.8) is 0 Å². The number of anilines is 2. The molecule has 0 aliphatic carbocycles. The van der Waals surface area contributed by atoms with Crippen molar-refractivity contribution in [1.29, 1.82) is 0 Å². The van der Waals surface area contributed by atoms with Crippen LogP contribution in [-0.4, -0.2) is 52.4 Å². The number of benzene rings is 1. The summed E-state index contributed by atoms with van der Waals surface area (Å²) in [6.45, 7) is 2.03. The first-order chi connectivity index (χ1) is 14.4. The fourth-order valence-electron chi connectivity index (χ4n) is 3.14. The highest BCUT2D eigenvalue weighted by Gasteiger charge is 2.33. The predicted molar refractivity (Wildman–Crippen MR) is 106 cm³/mol. The zero-order chi connectivity index (χ0) is 21.1. The Kier molecular flexibility index (Phi) is 5.66. The van der Waals surface area contributed by atoms with Crippen LogP contribution < -0.4 is 5.32 Å². The molecule has 1 aromatic carbocycles. The lowest BCUT2D eigenvalue weighted by Gasteiger charge is -2.32. The summed E-state index contributed by atoms with van der Waals surface area (Å²) >= 11 is 0. The molecule has 1 fully saturated rings. The molecule has 0 spiro atoms. The van der Waals surface area contributed by atoms with E-state index < -0.39 is 21.9 Å². The lowest BCUT2D eigenvalue weighted by Crippen LogP contribution is -2.42. The number of morpholine rings is 1. The van der Waals surface area contributed by atoms with Gasteiger partial charge >= 0.3 is 0 Å². The number of aromatic nitrogens is 4. The summed E-state index contributed by atoms with van der Waals surface area (Å²) in [5.74, 6) is 0.300. The molecule has 1 aliphatic heterocycles. The zero-order valence-corrected chi connectivity index (χ0v) is 16.9. The third-order valence-corrected chi connectivity index (χ3v) is 6.60. The van der Waals surface area contributed by atoms with Gasteiger partial charge in [-0.05, 0) is 36.8 Å². The van der Waals surface area contributed by atoms with Gasteiger partial charge in [-0.15, -0.1) is 0 Å². The van der Waals surface area contributed by atoms with Gasteiger partial charge in [0.1, 0.15) is 11.9 Å². The molecule has 1 aliphatic rings. The molecule has 0 radical (unpaired) electrons. The van der Waals surface area contributed by atoms with Gasteiger partial charge in [0.05, 0.1) is 29.6 Å². The first-order valence-electron chi connectivity index (χ1n) is 9.17. The SMILES string of the molecule is Cc1cc(F)ccc1S(=O)(=O)N1CCOC(c2cncc(Nc3ncccn3)n2)C1. The summed E-state index contributed by atoms with van der Waals surface area (Å²) < 4.78 is 46.6. The van der Waals surface area contributed by atoms with Crippen molar-refractivity contribution in [2.45, 2.75) is 17.9 Å². The minimum Gasteiger partial charge on any atom is -0.369 e. The van der Waals surface area contributed by atoms with E-state index in [4.69, 9.17) is 4.74 Å². The van der Waals surface area contributed by atoms with Crippen LogP contribution in [0.5, 0.6) is 0 Å². The molecule has 0 saturated carbocycles. The van der Waals surface area contributed by atoms with Crippen LogP contribution in [0.2, 0.25) is 0 Å². The van der Waals surface area contributed by atoms with Gasteiger partial charge in [0.15, 0.2) is 5.82 Å². The van der Waals surface area contributed by atoms with Gasteiger partial charge in [0.25, 0.3) is 0 Å². The van der Waals surface area contributed by atoms with Crippen molar-refractivity contribution in [1.82, 2.24) is 24.2 Å². The molecule has 156 valence electrons. The van der Waals surface area contributed by atoms with Crippen LogP contribution in [0.3, 0.4) is 0 Å². The van der Waals surface area contributed by atoms with Gasteiger partial charge < -0.3 is 10.1 Å². The second-order valence-electron chi connectivity index (χ2n) is 6.66. The molecule has 1 atom stereocenters. The molecule has 3 aromatic rings. The maximum Gasteiger partial charge on any atom is 0.243 e. The van der Waals surface area contributed by atoms with E-state index in [-0.39, 0.29) is 24.6 Å². The highest BCUT2D eigenvalue weighted by Crippen LogP contribution is 2.27. The molecule has 1 saturated heterocycles. The Hall–Kier alpha value is -3.02. The van der Waals surface area contributed by atoms with E-state index in [0.717, 1.165) is 6.07 Å². The van der Waals surface area contributed by atoms with Gasteiger partial charge in [-0.2, -0.15) is 4.31 Å². The van der Waals surface area contributed by atoms with Crippen LogP contribution in [0, 0.1) is 12.7 Å². The van der Waals surface area contributed by atoms with E-state index in [9.17, 15) is 12.8 Å². The first kappa shape index (κ1) is 20.3. The second-order valence-corrected chi connectivity index (χ2v) is 8.57. The van der Waals surface area contributed by atoms with Crippen molar-refractivity contribution in [2.75, 3.05) is 25.0 Å². The van der Waals surface area contributed by atoms with Crippen molar-refractivity contribution >= 4 is 21.8 Å². The third-order valence-electron chi connectivity index (χ3n) is 4.57. The van der Waals surface area contributed by atoms with Crippen molar-refractivity contribution in [2.24, 2.45) is 0 Å². The number of halogens is 1. The molecule has 4 rings (SSSR count). The first-order valence-corrected chi connectivity index (χ1v) is 10.6. The van der Waals surface area contributed by atoms with Gasteiger partial charge in [-0.3, -0.25) is 4.98 Å². The molecule has 11 heteroatoms. The van der Waals surface area contributed by atoms with Crippen molar-refractivity contribution in [3.8, 4) is 0 Å². The number of hydrogen-bond donors (Lipinski definition) is 1. The maximum atomic E-state index is 13.4. The Morgan fingerprint density at radius 2 is 2.03 bits per heavy atom. The van der Waals surface area contributed by atoms with Crippen LogP contribution in [0.25, 0.3) is 0 Å². The number of nitrogens with zero attached hydrogens (tertiary/aromatic N) is 5. The van der Waals surface area contributed by atoms with Crippen LogP contribution in [0.4, 0.5) is 16.2 Å². The van der Waals surface area contributed by atoms with Gasteiger partial charge in [-0.25, -0.2) is 27.8 Å². The molecular weight excluding hydrogens is 411 g/mol.